The Morgan fingerprint density at radius 2 is 2.12 bits per heavy atom. The van der Waals surface area contributed by atoms with E-state index < -0.39 is 11.7 Å². The minimum atomic E-state index is -4.43. The molecule has 1 aliphatic heterocycles. The molecule has 1 unspecified atom stereocenters. The van der Waals surface area contributed by atoms with Gasteiger partial charge in [-0.1, -0.05) is 6.07 Å². The zero-order valence-corrected chi connectivity index (χ0v) is 13.9. The van der Waals surface area contributed by atoms with Crippen molar-refractivity contribution in [1.82, 2.24) is 14.7 Å². The summed E-state index contributed by atoms with van der Waals surface area (Å²) in [5.41, 5.74) is 0.395. The molecule has 1 fully saturated rings. The molecule has 1 saturated heterocycles. The summed E-state index contributed by atoms with van der Waals surface area (Å²) in [6.07, 6.45) is -3.07. The topological polar surface area (TPSA) is 47.4 Å². The van der Waals surface area contributed by atoms with Crippen LogP contribution >= 0.6 is 0 Å². The monoisotopic (exact) mass is 353 g/mol. The predicted octanol–water partition coefficient (Wildman–Crippen LogP) is 3.06. The fraction of sp³-hybridized carbons (Fsp3) is 0.412. The van der Waals surface area contributed by atoms with Crippen LogP contribution in [0.3, 0.4) is 0 Å². The molecule has 0 saturated carbocycles. The van der Waals surface area contributed by atoms with E-state index in [1.54, 1.807) is 11.8 Å². The molecule has 0 aliphatic carbocycles. The minimum absolute atomic E-state index is 0.0449. The number of benzene rings is 1. The van der Waals surface area contributed by atoms with Gasteiger partial charge in [0.05, 0.1) is 41.4 Å². The van der Waals surface area contributed by atoms with Crippen LogP contribution in [-0.2, 0) is 10.9 Å². The third-order valence-electron chi connectivity index (χ3n) is 4.19. The first-order chi connectivity index (χ1) is 11.8. The van der Waals surface area contributed by atoms with E-state index >= 15 is 0 Å². The number of aromatic nitrogens is 2. The van der Waals surface area contributed by atoms with E-state index in [-0.39, 0.29) is 17.7 Å². The van der Waals surface area contributed by atoms with Crippen LogP contribution in [0.2, 0.25) is 0 Å². The third-order valence-corrected chi connectivity index (χ3v) is 4.19. The molecule has 5 nitrogen and oxygen atoms in total. The van der Waals surface area contributed by atoms with Crippen molar-refractivity contribution >= 4 is 5.91 Å². The Hall–Kier alpha value is -2.35. The highest BCUT2D eigenvalue weighted by Gasteiger charge is 2.31. The lowest BCUT2D eigenvalue weighted by Gasteiger charge is -2.31. The number of carbonyl (C=O) groups is 1. The second kappa shape index (κ2) is 6.51. The van der Waals surface area contributed by atoms with Crippen molar-refractivity contribution in [2.75, 3.05) is 19.7 Å². The number of amides is 1. The molecule has 0 bridgehead atoms. The molecule has 2 aromatic rings. The van der Waals surface area contributed by atoms with Gasteiger partial charge < -0.3 is 9.64 Å². The van der Waals surface area contributed by atoms with Crippen LogP contribution in [0.1, 0.15) is 28.5 Å². The number of hydrogen-bond donors (Lipinski definition) is 0. The number of morpholine rings is 1. The molecule has 134 valence electrons. The van der Waals surface area contributed by atoms with Crippen LogP contribution in [0, 0.1) is 6.92 Å². The van der Waals surface area contributed by atoms with Gasteiger partial charge in [-0.3, -0.25) is 4.79 Å². The van der Waals surface area contributed by atoms with E-state index in [4.69, 9.17) is 4.74 Å². The van der Waals surface area contributed by atoms with Gasteiger partial charge in [0.2, 0.25) is 0 Å². The average molecular weight is 353 g/mol. The SMILES string of the molecule is Cc1c(C(=O)N2CCOC(C)C2)cnn1-c1cccc(C(F)(F)F)c1. The number of ether oxygens (including phenoxy) is 1. The van der Waals surface area contributed by atoms with Crippen molar-refractivity contribution in [3.63, 3.8) is 0 Å². The Morgan fingerprint density at radius 1 is 1.36 bits per heavy atom. The quantitative estimate of drug-likeness (QED) is 0.834. The number of halogens is 3. The Kier molecular flexibility index (Phi) is 4.55. The summed E-state index contributed by atoms with van der Waals surface area (Å²) < 4.78 is 45.5. The normalized spacial score (nSPS) is 18.4. The van der Waals surface area contributed by atoms with Gasteiger partial charge in [0.1, 0.15) is 0 Å². The lowest BCUT2D eigenvalue weighted by atomic mass is 10.1. The second-order valence-electron chi connectivity index (χ2n) is 6.04. The molecule has 1 atom stereocenters. The van der Waals surface area contributed by atoms with Crippen LogP contribution in [-0.4, -0.2) is 46.4 Å². The highest BCUT2D eigenvalue weighted by atomic mass is 19.4. The lowest BCUT2D eigenvalue weighted by Crippen LogP contribution is -2.44. The zero-order chi connectivity index (χ0) is 18.2. The van der Waals surface area contributed by atoms with E-state index in [9.17, 15) is 18.0 Å². The van der Waals surface area contributed by atoms with E-state index in [2.05, 4.69) is 5.10 Å². The first-order valence-electron chi connectivity index (χ1n) is 7.90. The molecule has 25 heavy (non-hydrogen) atoms. The summed E-state index contributed by atoms with van der Waals surface area (Å²) in [4.78, 5) is 14.3. The molecule has 1 aromatic heterocycles. The average Bonchev–Trinajstić information content (AvgIpc) is 2.95. The van der Waals surface area contributed by atoms with Crippen LogP contribution in [0.4, 0.5) is 13.2 Å². The molecule has 1 aliphatic rings. The lowest BCUT2D eigenvalue weighted by molar-refractivity contribution is -0.137. The summed E-state index contributed by atoms with van der Waals surface area (Å²) in [6, 6.07) is 4.87. The molecule has 1 amide bonds. The smallest absolute Gasteiger partial charge is 0.375 e. The molecule has 2 heterocycles. The summed E-state index contributed by atoms with van der Waals surface area (Å²) in [5.74, 6) is -0.189. The Morgan fingerprint density at radius 3 is 2.80 bits per heavy atom. The molecule has 0 radical (unpaired) electrons. The van der Waals surface area contributed by atoms with Gasteiger partial charge in [-0.05, 0) is 32.0 Å². The van der Waals surface area contributed by atoms with E-state index in [1.165, 1.54) is 23.0 Å². The van der Waals surface area contributed by atoms with Crippen molar-refractivity contribution < 1.29 is 22.7 Å². The summed E-state index contributed by atoms with van der Waals surface area (Å²) in [6.45, 7) is 4.99. The van der Waals surface area contributed by atoms with Crippen molar-refractivity contribution in [2.45, 2.75) is 26.1 Å². The Bertz CT molecular complexity index is 786. The second-order valence-corrected chi connectivity index (χ2v) is 6.04. The molecule has 8 heteroatoms. The number of carbonyl (C=O) groups excluding carboxylic acids is 1. The van der Waals surface area contributed by atoms with Gasteiger partial charge in [-0.25, -0.2) is 4.68 Å². The van der Waals surface area contributed by atoms with Gasteiger partial charge in [0, 0.05) is 13.1 Å². The maximum absolute atomic E-state index is 12.9. The van der Waals surface area contributed by atoms with Gasteiger partial charge >= 0.3 is 6.18 Å². The van der Waals surface area contributed by atoms with Crippen molar-refractivity contribution in [3.05, 3.63) is 47.3 Å². The van der Waals surface area contributed by atoms with Crippen molar-refractivity contribution in [2.24, 2.45) is 0 Å². The zero-order valence-electron chi connectivity index (χ0n) is 13.9. The molecular formula is C17H18F3N3O2. The van der Waals surface area contributed by atoms with Crippen LogP contribution in [0.5, 0.6) is 0 Å². The highest BCUT2D eigenvalue weighted by Crippen LogP contribution is 2.30. The molecule has 0 spiro atoms. The van der Waals surface area contributed by atoms with Crippen LogP contribution in [0.25, 0.3) is 5.69 Å². The van der Waals surface area contributed by atoms with Gasteiger partial charge in [-0.15, -0.1) is 0 Å². The summed E-state index contributed by atoms with van der Waals surface area (Å²) >= 11 is 0. The molecule has 0 N–H and O–H groups in total. The van der Waals surface area contributed by atoms with Gasteiger partial charge in [0.15, 0.2) is 0 Å². The van der Waals surface area contributed by atoms with Crippen LogP contribution < -0.4 is 0 Å². The first kappa shape index (κ1) is 17.5. The standard InChI is InChI=1S/C17H18F3N3O2/c1-11-10-22(6-7-25-11)16(24)15-9-21-23(12(15)2)14-5-3-4-13(8-14)17(18,19)20/h3-5,8-9,11H,6-7,10H2,1-2H3. The van der Waals surface area contributed by atoms with Crippen molar-refractivity contribution in [3.8, 4) is 5.69 Å². The van der Waals surface area contributed by atoms with E-state index in [1.807, 2.05) is 6.92 Å². The molecule has 3 rings (SSSR count). The highest BCUT2D eigenvalue weighted by molar-refractivity contribution is 5.95. The van der Waals surface area contributed by atoms with E-state index in [0.29, 0.717) is 31.0 Å². The maximum atomic E-state index is 12.9. The van der Waals surface area contributed by atoms with Gasteiger partial charge in [0.25, 0.3) is 5.91 Å². The number of alkyl halides is 3. The minimum Gasteiger partial charge on any atom is -0.375 e. The van der Waals surface area contributed by atoms with E-state index in [0.717, 1.165) is 12.1 Å². The summed E-state index contributed by atoms with van der Waals surface area (Å²) in [5, 5.41) is 4.11. The third kappa shape index (κ3) is 3.53. The first-order valence-corrected chi connectivity index (χ1v) is 7.90. The largest absolute Gasteiger partial charge is 0.416 e. The fourth-order valence-electron chi connectivity index (χ4n) is 2.87. The Balaban J connectivity index is 1.90. The van der Waals surface area contributed by atoms with Crippen molar-refractivity contribution in [1.29, 1.82) is 0 Å². The number of hydrogen-bond acceptors (Lipinski definition) is 3. The molecular weight excluding hydrogens is 335 g/mol. The predicted molar refractivity (Wildman–Crippen MR) is 84.6 cm³/mol. The summed E-state index contributed by atoms with van der Waals surface area (Å²) in [7, 11) is 0. The number of rotatable bonds is 2. The van der Waals surface area contributed by atoms with Gasteiger partial charge in [-0.2, -0.15) is 18.3 Å². The maximum Gasteiger partial charge on any atom is 0.416 e. The Labute approximate surface area is 143 Å². The van der Waals surface area contributed by atoms with Crippen LogP contribution in [0.15, 0.2) is 30.5 Å². The molecule has 1 aromatic carbocycles. The fourth-order valence-corrected chi connectivity index (χ4v) is 2.87. The number of nitrogens with zero attached hydrogens (tertiary/aromatic N) is 3.